The van der Waals surface area contributed by atoms with E-state index in [0.717, 1.165) is 31.8 Å². The number of hydrogen-bond donors (Lipinski definition) is 1. The molecule has 1 aliphatic rings. The average molecular weight is 258 g/mol. The van der Waals surface area contributed by atoms with E-state index in [-0.39, 0.29) is 6.10 Å². The molecule has 0 amide bonds. The molecule has 0 fully saturated rings. The first kappa shape index (κ1) is 12.2. The second-order valence-corrected chi connectivity index (χ2v) is 4.93. The van der Waals surface area contributed by atoms with Crippen molar-refractivity contribution in [2.24, 2.45) is 0 Å². The second kappa shape index (κ2) is 5.40. The van der Waals surface area contributed by atoms with Crippen LogP contribution in [-0.4, -0.2) is 34.2 Å². The minimum absolute atomic E-state index is 0.243. The van der Waals surface area contributed by atoms with E-state index in [2.05, 4.69) is 40.8 Å². The topological polar surface area (TPSA) is 52.0 Å². The number of nitrogens with zero attached hydrogens (tertiary/aromatic N) is 3. The van der Waals surface area contributed by atoms with Crippen LogP contribution in [0.5, 0.6) is 5.75 Å². The summed E-state index contributed by atoms with van der Waals surface area (Å²) < 4.78 is 7.72. The van der Waals surface area contributed by atoms with E-state index in [1.165, 1.54) is 11.1 Å². The molecule has 3 rings (SSSR count). The molecular formula is C14H18N4O. The highest BCUT2D eigenvalue weighted by molar-refractivity contribution is 5.40. The number of aryl methyl sites for hydroxylation is 1. The lowest BCUT2D eigenvalue weighted by Gasteiger charge is -2.11. The van der Waals surface area contributed by atoms with Crippen LogP contribution in [0.25, 0.3) is 0 Å². The fourth-order valence-electron chi connectivity index (χ4n) is 2.37. The molecule has 1 unspecified atom stereocenters. The fourth-order valence-corrected chi connectivity index (χ4v) is 2.37. The molecule has 2 aromatic rings. The quantitative estimate of drug-likeness (QED) is 0.818. The van der Waals surface area contributed by atoms with Gasteiger partial charge in [-0.25, -0.2) is 0 Å². The maximum absolute atomic E-state index is 5.90. The third-order valence-corrected chi connectivity index (χ3v) is 3.32. The molecule has 0 aliphatic carbocycles. The average Bonchev–Trinajstić information content (AvgIpc) is 3.02. The molecule has 5 heteroatoms. The van der Waals surface area contributed by atoms with Gasteiger partial charge in [-0.3, -0.25) is 4.68 Å². The van der Waals surface area contributed by atoms with Crippen molar-refractivity contribution < 1.29 is 4.74 Å². The maximum Gasteiger partial charge on any atom is 0.123 e. The van der Waals surface area contributed by atoms with Gasteiger partial charge in [-0.2, -0.15) is 0 Å². The van der Waals surface area contributed by atoms with Crippen molar-refractivity contribution in [2.45, 2.75) is 26.0 Å². The Hall–Kier alpha value is -1.88. The van der Waals surface area contributed by atoms with E-state index in [4.69, 9.17) is 4.74 Å². The number of rotatable bonds is 5. The zero-order valence-electron chi connectivity index (χ0n) is 11.0. The third-order valence-electron chi connectivity index (χ3n) is 3.32. The highest BCUT2D eigenvalue weighted by Gasteiger charge is 2.22. The molecule has 19 heavy (non-hydrogen) atoms. The van der Waals surface area contributed by atoms with Gasteiger partial charge in [-0.05, 0) is 18.6 Å². The summed E-state index contributed by atoms with van der Waals surface area (Å²) in [6, 6.07) is 6.38. The van der Waals surface area contributed by atoms with E-state index < -0.39 is 0 Å². The Morgan fingerprint density at radius 2 is 2.42 bits per heavy atom. The molecule has 1 aliphatic heterocycles. The van der Waals surface area contributed by atoms with Gasteiger partial charge in [0.05, 0.1) is 12.7 Å². The highest BCUT2D eigenvalue weighted by Crippen LogP contribution is 2.29. The largest absolute Gasteiger partial charge is 0.488 e. The molecular weight excluding hydrogens is 240 g/mol. The number of ether oxygens (including phenoxy) is 1. The maximum atomic E-state index is 5.90. The molecule has 2 heterocycles. The Kier molecular flexibility index (Phi) is 3.46. The summed E-state index contributed by atoms with van der Waals surface area (Å²) in [5.74, 6) is 1.04. The summed E-state index contributed by atoms with van der Waals surface area (Å²) in [4.78, 5) is 0. The molecule has 1 aromatic carbocycles. The molecule has 0 saturated heterocycles. The highest BCUT2D eigenvalue weighted by atomic mass is 16.5. The van der Waals surface area contributed by atoms with Crippen LogP contribution in [-0.2, 0) is 13.0 Å². The van der Waals surface area contributed by atoms with Crippen LogP contribution in [0.3, 0.4) is 0 Å². The SMILES string of the molecule is Cc1ccc2c(c1)CC(CNCCn1ccnn1)O2. The van der Waals surface area contributed by atoms with Crippen LogP contribution >= 0.6 is 0 Å². The Balaban J connectivity index is 1.43. The van der Waals surface area contributed by atoms with Crippen molar-refractivity contribution in [2.75, 3.05) is 13.1 Å². The van der Waals surface area contributed by atoms with Gasteiger partial charge < -0.3 is 10.1 Å². The molecule has 0 saturated carbocycles. The van der Waals surface area contributed by atoms with Crippen molar-refractivity contribution in [1.29, 1.82) is 0 Å². The van der Waals surface area contributed by atoms with Gasteiger partial charge in [-0.1, -0.05) is 22.9 Å². The van der Waals surface area contributed by atoms with Crippen molar-refractivity contribution in [1.82, 2.24) is 20.3 Å². The van der Waals surface area contributed by atoms with Crippen molar-refractivity contribution >= 4 is 0 Å². The molecule has 0 radical (unpaired) electrons. The summed E-state index contributed by atoms with van der Waals surface area (Å²) >= 11 is 0. The molecule has 1 N–H and O–H groups in total. The van der Waals surface area contributed by atoms with Crippen LogP contribution in [0, 0.1) is 6.92 Å². The Morgan fingerprint density at radius 3 is 3.26 bits per heavy atom. The zero-order chi connectivity index (χ0) is 13.1. The first-order chi connectivity index (χ1) is 9.31. The Morgan fingerprint density at radius 1 is 1.47 bits per heavy atom. The lowest BCUT2D eigenvalue weighted by atomic mass is 10.1. The van der Waals surface area contributed by atoms with Gasteiger partial charge in [0.25, 0.3) is 0 Å². The Bertz CT molecular complexity index is 538. The second-order valence-electron chi connectivity index (χ2n) is 4.93. The lowest BCUT2D eigenvalue weighted by Crippen LogP contribution is -2.32. The fraction of sp³-hybridized carbons (Fsp3) is 0.429. The predicted octanol–water partition coefficient (Wildman–Crippen LogP) is 1.18. The third kappa shape index (κ3) is 2.93. The number of aromatic nitrogens is 3. The van der Waals surface area contributed by atoms with Crippen molar-refractivity contribution in [3.63, 3.8) is 0 Å². The summed E-state index contributed by atoms with van der Waals surface area (Å²) in [5.41, 5.74) is 2.62. The lowest BCUT2D eigenvalue weighted by molar-refractivity contribution is 0.227. The van der Waals surface area contributed by atoms with Crippen LogP contribution in [0.4, 0.5) is 0 Å². The van der Waals surface area contributed by atoms with Crippen LogP contribution < -0.4 is 10.1 Å². The summed E-state index contributed by atoms with van der Waals surface area (Å²) in [7, 11) is 0. The van der Waals surface area contributed by atoms with E-state index in [1.807, 2.05) is 10.9 Å². The summed E-state index contributed by atoms with van der Waals surface area (Å²) in [6.07, 6.45) is 4.80. The predicted molar refractivity (Wildman–Crippen MR) is 72.2 cm³/mol. The molecule has 1 atom stereocenters. The van der Waals surface area contributed by atoms with Gasteiger partial charge >= 0.3 is 0 Å². The first-order valence-electron chi connectivity index (χ1n) is 6.62. The number of benzene rings is 1. The van der Waals surface area contributed by atoms with E-state index in [9.17, 15) is 0 Å². The van der Waals surface area contributed by atoms with Gasteiger partial charge in [0.1, 0.15) is 11.9 Å². The minimum Gasteiger partial charge on any atom is -0.488 e. The van der Waals surface area contributed by atoms with Gasteiger partial charge in [0, 0.05) is 25.7 Å². The van der Waals surface area contributed by atoms with Crippen LogP contribution in [0.1, 0.15) is 11.1 Å². The molecule has 0 bridgehead atoms. The summed E-state index contributed by atoms with van der Waals surface area (Å²) in [6.45, 7) is 4.68. The van der Waals surface area contributed by atoms with Crippen molar-refractivity contribution in [3.05, 3.63) is 41.7 Å². The van der Waals surface area contributed by atoms with Gasteiger partial charge in [-0.15, -0.1) is 5.10 Å². The van der Waals surface area contributed by atoms with Gasteiger partial charge in [0.2, 0.25) is 0 Å². The number of fused-ring (bicyclic) bond motifs is 1. The molecule has 100 valence electrons. The van der Waals surface area contributed by atoms with Crippen LogP contribution in [0.2, 0.25) is 0 Å². The monoisotopic (exact) mass is 258 g/mol. The van der Waals surface area contributed by atoms with Crippen LogP contribution in [0.15, 0.2) is 30.6 Å². The first-order valence-corrected chi connectivity index (χ1v) is 6.62. The zero-order valence-corrected chi connectivity index (χ0v) is 11.0. The van der Waals surface area contributed by atoms with E-state index >= 15 is 0 Å². The van der Waals surface area contributed by atoms with E-state index in [0.29, 0.717) is 0 Å². The van der Waals surface area contributed by atoms with Crippen molar-refractivity contribution in [3.8, 4) is 5.75 Å². The number of nitrogens with one attached hydrogen (secondary N) is 1. The van der Waals surface area contributed by atoms with E-state index in [1.54, 1.807) is 6.20 Å². The number of hydrogen-bond acceptors (Lipinski definition) is 4. The van der Waals surface area contributed by atoms with Gasteiger partial charge in [0.15, 0.2) is 0 Å². The smallest absolute Gasteiger partial charge is 0.123 e. The standard InChI is InChI=1S/C14H18N4O/c1-11-2-3-14-12(8-11)9-13(19-14)10-15-4-6-18-7-5-16-17-18/h2-3,5,7-8,13,15H,4,6,9-10H2,1H3. The minimum atomic E-state index is 0.243. The Labute approximate surface area is 112 Å². The molecule has 0 spiro atoms. The molecule has 5 nitrogen and oxygen atoms in total. The summed E-state index contributed by atoms with van der Waals surface area (Å²) in [5, 5.41) is 11.1. The normalized spacial score (nSPS) is 17.2. The molecule has 1 aromatic heterocycles.